The number of hydrogen-bond donors (Lipinski definition) is 2. The number of rotatable bonds is 6. The van der Waals surface area contributed by atoms with Crippen molar-refractivity contribution >= 4 is 28.4 Å². The highest BCUT2D eigenvalue weighted by Gasteiger charge is 2.22. The zero-order chi connectivity index (χ0) is 22.2. The summed E-state index contributed by atoms with van der Waals surface area (Å²) in [4.78, 5) is 28.7. The van der Waals surface area contributed by atoms with E-state index in [1.54, 1.807) is 6.07 Å². The monoisotopic (exact) mass is 428 g/mol. The van der Waals surface area contributed by atoms with Crippen LogP contribution < -0.4 is 11.4 Å². The fourth-order valence-electron chi connectivity index (χ4n) is 4.00. The second-order valence-electron chi connectivity index (χ2n) is 8.13. The van der Waals surface area contributed by atoms with Gasteiger partial charge in [-0.2, -0.15) is 0 Å². The van der Waals surface area contributed by atoms with Gasteiger partial charge in [0.05, 0.1) is 17.6 Å². The summed E-state index contributed by atoms with van der Waals surface area (Å²) in [6, 6.07) is 5.68. The highest BCUT2D eigenvalue weighted by Crippen LogP contribution is 2.31. The molecule has 7 heteroatoms. The Balaban J connectivity index is 2.04. The van der Waals surface area contributed by atoms with E-state index in [1.165, 1.54) is 0 Å². The molecule has 0 aliphatic carbocycles. The third-order valence-corrected chi connectivity index (χ3v) is 5.56. The number of carbonyl (C=O) groups excluding carboxylic acids is 1. The Morgan fingerprint density at radius 2 is 1.97 bits per heavy atom. The standard InChI is InChI=1S/C23H29ClN4O2/c1-6-7-16-8-15(5)26-22(29)19(16)12-28(25)23(30)18-9-17(24)10-20-21(18)14(4)11-27(20)13(2)3/h8-11,13H,6-7,12,25H2,1-5H3,(H,26,29). The molecule has 6 nitrogen and oxygen atoms in total. The van der Waals surface area contributed by atoms with E-state index in [-0.39, 0.29) is 24.1 Å². The summed E-state index contributed by atoms with van der Waals surface area (Å²) in [6.07, 6.45) is 3.67. The summed E-state index contributed by atoms with van der Waals surface area (Å²) < 4.78 is 2.10. The molecule has 0 atom stereocenters. The van der Waals surface area contributed by atoms with Gasteiger partial charge in [-0.3, -0.25) is 14.6 Å². The summed E-state index contributed by atoms with van der Waals surface area (Å²) in [6.45, 7) is 10.1. The highest BCUT2D eigenvalue weighted by atomic mass is 35.5. The van der Waals surface area contributed by atoms with E-state index in [9.17, 15) is 9.59 Å². The summed E-state index contributed by atoms with van der Waals surface area (Å²) in [5, 5.41) is 2.41. The van der Waals surface area contributed by atoms with Crippen molar-refractivity contribution in [2.24, 2.45) is 5.84 Å². The first-order valence-electron chi connectivity index (χ1n) is 10.2. The number of hydrazine groups is 1. The summed E-state index contributed by atoms with van der Waals surface area (Å²) in [7, 11) is 0. The van der Waals surface area contributed by atoms with Crippen molar-refractivity contribution in [3.63, 3.8) is 0 Å². The Kier molecular flexibility index (Phi) is 6.38. The van der Waals surface area contributed by atoms with Gasteiger partial charge in [0.25, 0.3) is 11.5 Å². The van der Waals surface area contributed by atoms with Crippen LogP contribution in [-0.4, -0.2) is 20.5 Å². The number of nitrogens with zero attached hydrogens (tertiary/aromatic N) is 2. The molecule has 3 N–H and O–H groups in total. The number of aromatic nitrogens is 2. The summed E-state index contributed by atoms with van der Waals surface area (Å²) in [5.74, 6) is 5.83. The van der Waals surface area contributed by atoms with Crippen molar-refractivity contribution in [3.8, 4) is 0 Å². The number of nitrogens with two attached hydrogens (primary N) is 1. The Labute approximate surface area is 181 Å². The van der Waals surface area contributed by atoms with E-state index in [0.717, 1.165) is 45.6 Å². The maximum Gasteiger partial charge on any atom is 0.268 e. The lowest BCUT2D eigenvalue weighted by atomic mass is 10.0. The van der Waals surface area contributed by atoms with E-state index in [2.05, 4.69) is 30.3 Å². The second-order valence-corrected chi connectivity index (χ2v) is 8.57. The summed E-state index contributed by atoms with van der Waals surface area (Å²) in [5.41, 5.74) is 4.34. The van der Waals surface area contributed by atoms with Crippen LogP contribution in [0.1, 0.15) is 66.0 Å². The van der Waals surface area contributed by atoms with Crippen molar-refractivity contribution < 1.29 is 4.79 Å². The Bertz CT molecular complexity index is 1160. The lowest BCUT2D eigenvalue weighted by Gasteiger charge is -2.20. The lowest BCUT2D eigenvalue weighted by Crippen LogP contribution is -2.39. The van der Waals surface area contributed by atoms with Crippen LogP contribution >= 0.6 is 11.6 Å². The molecule has 160 valence electrons. The maximum absolute atomic E-state index is 13.3. The van der Waals surface area contributed by atoms with Crippen molar-refractivity contribution in [2.75, 3.05) is 0 Å². The molecule has 0 spiro atoms. The van der Waals surface area contributed by atoms with Crippen molar-refractivity contribution in [1.29, 1.82) is 0 Å². The van der Waals surface area contributed by atoms with Gasteiger partial charge in [0, 0.05) is 33.9 Å². The van der Waals surface area contributed by atoms with Gasteiger partial charge >= 0.3 is 0 Å². The Morgan fingerprint density at radius 1 is 1.27 bits per heavy atom. The molecule has 2 heterocycles. The lowest BCUT2D eigenvalue weighted by molar-refractivity contribution is 0.0744. The van der Waals surface area contributed by atoms with Crippen molar-refractivity contribution in [1.82, 2.24) is 14.6 Å². The van der Waals surface area contributed by atoms with Crippen LogP contribution in [-0.2, 0) is 13.0 Å². The highest BCUT2D eigenvalue weighted by molar-refractivity contribution is 6.32. The number of fused-ring (bicyclic) bond motifs is 1. The molecule has 0 bridgehead atoms. The molecule has 0 unspecified atom stereocenters. The number of amides is 1. The molecule has 1 aromatic carbocycles. The molecule has 0 aliphatic rings. The van der Waals surface area contributed by atoms with Gasteiger partial charge in [-0.25, -0.2) is 5.84 Å². The molecular formula is C23H29ClN4O2. The number of nitrogens with one attached hydrogen (secondary N) is 1. The van der Waals surface area contributed by atoms with Crippen molar-refractivity contribution in [3.05, 3.63) is 67.7 Å². The minimum atomic E-state index is -0.366. The van der Waals surface area contributed by atoms with Gasteiger partial charge in [-0.05, 0) is 63.4 Å². The van der Waals surface area contributed by atoms with E-state index >= 15 is 0 Å². The number of H-pyrrole nitrogens is 1. The minimum absolute atomic E-state index is 0.0295. The molecule has 2 aromatic heterocycles. The maximum atomic E-state index is 13.3. The van der Waals surface area contributed by atoms with E-state index in [0.29, 0.717) is 16.1 Å². The molecule has 0 saturated heterocycles. The van der Waals surface area contributed by atoms with E-state index < -0.39 is 0 Å². The average molecular weight is 429 g/mol. The topological polar surface area (TPSA) is 84.1 Å². The van der Waals surface area contributed by atoms with Crippen LogP contribution in [0.25, 0.3) is 10.9 Å². The van der Waals surface area contributed by atoms with Crippen LogP contribution in [0.15, 0.2) is 29.2 Å². The number of aromatic amines is 1. The number of pyridine rings is 1. The third-order valence-electron chi connectivity index (χ3n) is 5.35. The molecule has 0 radical (unpaired) electrons. The molecule has 0 saturated carbocycles. The van der Waals surface area contributed by atoms with Crippen LogP contribution in [0, 0.1) is 13.8 Å². The molecule has 0 fully saturated rings. The predicted molar refractivity (Wildman–Crippen MR) is 122 cm³/mol. The number of hydrogen-bond acceptors (Lipinski definition) is 3. The minimum Gasteiger partial charge on any atom is -0.345 e. The second kappa shape index (κ2) is 8.66. The van der Waals surface area contributed by atoms with E-state index in [4.69, 9.17) is 17.4 Å². The normalized spacial score (nSPS) is 11.5. The average Bonchev–Trinajstić information content (AvgIpc) is 3.00. The van der Waals surface area contributed by atoms with Crippen LogP contribution in [0.5, 0.6) is 0 Å². The van der Waals surface area contributed by atoms with Gasteiger partial charge in [0.1, 0.15) is 0 Å². The number of carbonyl (C=O) groups is 1. The summed E-state index contributed by atoms with van der Waals surface area (Å²) >= 11 is 6.35. The van der Waals surface area contributed by atoms with Gasteiger partial charge in [0.15, 0.2) is 0 Å². The Morgan fingerprint density at radius 3 is 2.60 bits per heavy atom. The fraction of sp³-hybridized carbons (Fsp3) is 0.391. The largest absolute Gasteiger partial charge is 0.345 e. The quantitative estimate of drug-likeness (QED) is 0.340. The van der Waals surface area contributed by atoms with Crippen LogP contribution in [0.2, 0.25) is 5.02 Å². The molecule has 30 heavy (non-hydrogen) atoms. The number of halogens is 1. The van der Waals surface area contributed by atoms with Crippen LogP contribution in [0.3, 0.4) is 0 Å². The molecular weight excluding hydrogens is 400 g/mol. The fourth-order valence-corrected chi connectivity index (χ4v) is 4.21. The first kappa shape index (κ1) is 22.1. The van der Waals surface area contributed by atoms with Gasteiger partial charge < -0.3 is 9.55 Å². The molecule has 1 amide bonds. The van der Waals surface area contributed by atoms with Crippen molar-refractivity contribution in [2.45, 2.75) is 60.0 Å². The zero-order valence-electron chi connectivity index (χ0n) is 18.2. The smallest absolute Gasteiger partial charge is 0.268 e. The third kappa shape index (κ3) is 4.16. The molecule has 3 aromatic rings. The first-order valence-corrected chi connectivity index (χ1v) is 10.6. The Hall–Kier alpha value is -2.57. The SMILES string of the molecule is CCCc1cc(C)[nH]c(=O)c1CN(N)C(=O)c1cc(Cl)cc2c1c(C)cn2C(C)C. The van der Waals surface area contributed by atoms with E-state index in [1.807, 2.05) is 32.2 Å². The molecule has 0 aliphatic heterocycles. The first-order chi connectivity index (χ1) is 14.1. The zero-order valence-corrected chi connectivity index (χ0v) is 18.9. The van der Waals surface area contributed by atoms with Gasteiger partial charge in [-0.1, -0.05) is 24.9 Å². The van der Waals surface area contributed by atoms with Crippen LogP contribution in [0.4, 0.5) is 0 Å². The predicted octanol–water partition coefficient (Wildman–Crippen LogP) is 4.65. The van der Waals surface area contributed by atoms with Gasteiger partial charge in [-0.15, -0.1) is 0 Å². The van der Waals surface area contributed by atoms with Gasteiger partial charge in [0.2, 0.25) is 0 Å². The number of benzene rings is 1. The number of aryl methyl sites for hydroxylation is 3. The molecule has 3 rings (SSSR count).